The molecule has 1 fully saturated rings. The van der Waals surface area contributed by atoms with Gasteiger partial charge >= 0.3 is 0 Å². The van der Waals surface area contributed by atoms with Gasteiger partial charge in [-0.1, -0.05) is 18.6 Å². The lowest BCUT2D eigenvalue weighted by Crippen LogP contribution is -2.39. The summed E-state index contributed by atoms with van der Waals surface area (Å²) in [6.45, 7) is 5.35. The highest BCUT2D eigenvalue weighted by atomic mass is 35.5. The molecule has 136 valence electrons. The van der Waals surface area contributed by atoms with Crippen molar-refractivity contribution < 1.29 is 4.79 Å². The number of halogens is 1. The number of aryl methyl sites for hydroxylation is 2. The Bertz CT molecular complexity index is 728. The molecule has 1 aliphatic carbocycles. The SMILES string of the molecule is Cc1cc(C)n(Cc2cccc(C(=O)NC3CCCC3CN)c2)n1.Cl. The molecular formula is C19H27ClN4O. The van der Waals surface area contributed by atoms with E-state index in [1.807, 2.05) is 42.8 Å². The van der Waals surface area contributed by atoms with Crippen molar-refractivity contribution in [2.75, 3.05) is 6.54 Å². The van der Waals surface area contributed by atoms with Crippen LogP contribution in [0.1, 0.15) is 46.6 Å². The topological polar surface area (TPSA) is 72.9 Å². The molecule has 1 amide bonds. The van der Waals surface area contributed by atoms with Crippen LogP contribution in [0, 0.1) is 19.8 Å². The molecule has 25 heavy (non-hydrogen) atoms. The summed E-state index contributed by atoms with van der Waals surface area (Å²) in [4.78, 5) is 12.6. The van der Waals surface area contributed by atoms with E-state index in [0.29, 0.717) is 24.6 Å². The van der Waals surface area contributed by atoms with Crippen molar-refractivity contribution in [3.63, 3.8) is 0 Å². The third-order valence-corrected chi connectivity index (χ3v) is 4.90. The first-order valence-corrected chi connectivity index (χ1v) is 8.67. The van der Waals surface area contributed by atoms with Gasteiger partial charge in [0, 0.05) is 17.3 Å². The van der Waals surface area contributed by atoms with E-state index in [4.69, 9.17) is 5.73 Å². The molecule has 3 N–H and O–H groups in total. The molecule has 0 bridgehead atoms. The minimum Gasteiger partial charge on any atom is -0.349 e. The first-order chi connectivity index (χ1) is 11.6. The largest absolute Gasteiger partial charge is 0.349 e. The number of nitrogens with two attached hydrogens (primary N) is 1. The van der Waals surface area contributed by atoms with E-state index in [2.05, 4.69) is 16.5 Å². The zero-order chi connectivity index (χ0) is 17.1. The Kier molecular flexibility index (Phi) is 6.62. The van der Waals surface area contributed by atoms with Crippen LogP contribution in [0.2, 0.25) is 0 Å². The predicted molar refractivity (Wildman–Crippen MR) is 102 cm³/mol. The first-order valence-electron chi connectivity index (χ1n) is 8.67. The molecule has 1 aromatic carbocycles. The van der Waals surface area contributed by atoms with Gasteiger partial charge in [-0.2, -0.15) is 5.10 Å². The summed E-state index contributed by atoms with van der Waals surface area (Å²) >= 11 is 0. The quantitative estimate of drug-likeness (QED) is 0.859. The summed E-state index contributed by atoms with van der Waals surface area (Å²) < 4.78 is 1.97. The number of amides is 1. The standard InChI is InChI=1S/C19H26N4O.ClH/c1-13-9-14(2)23(22-13)12-15-5-3-6-16(10-15)19(24)21-18-8-4-7-17(18)11-20;/h3,5-6,9-10,17-18H,4,7-8,11-12,20H2,1-2H3,(H,21,24);1H. The average Bonchev–Trinajstić information content (AvgIpc) is 3.13. The van der Waals surface area contributed by atoms with Crippen LogP contribution in [0.4, 0.5) is 0 Å². The van der Waals surface area contributed by atoms with Gasteiger partial charge in [0.25, 0.3) is 5.91 Å². The molecule has 0 saturated heterocycles. The molecule has 1 aliphatic rings. The second-order valence-corrected chi connectivity index (χ2v) is 6.79. The Labute approximate surface area is 155 Å². The van der Waals surface area contributed by atoms with Crippen LogP contribution in [0.3, 0.4) is 0 Å². The number of carbonyl (C=O) groups is 1. The highest BCUT2D eigenvalue weighted by molar-refractivity contribution is 5.94. The van der Waals surface area contributed by atoms with Crippen LogP contribution in [0.25, 0.3) is 0 Å². The monoisotopic (exact) mass is 362 g/mol. The van der Waals surface area contributed by atoms with E-state index in [0.717, 1.165) is 36.2 Å². The second-order valence-electron chi connectivity index (χ2n) is 6.79. The van der Waals surface area contributed by atoms with Crippen LogP contribution in [-0.4, -0.2) is 28.3 Å². The molecule has 2 aromatic rings. The molecule has 3 rings (SSSR count). The fourth-order valence-corrected chi connectivity index (χ4v) is 3.58. The van der Waals surface area contributed by atoms with Crippen molar-refractivity contribution >= 4 is 18.3 Å². The lowest BCUT2D eigenvalue weighted by Gasteiger charge is -2.19. The van der Waals surface area contributed by atoms with Crippen LogP contribution in [-0.2, 0) is 6.54 Å². The summed E-state index contributed by atoms with van der Waals surface area (Å²) in [5, 5.41) is 7.65. The van der Waals surface area contributed by atoms with Crippen molar-refractivity contribution in [2.24, 2.45) is 11.7 Å². The minimum absolute atomic E-state index is 0. The normalized spacial score (nSPS) is 19.5. The fraction of sp³-hybridized carbons (Fsp3) is 0.474. The molecule has 1 saturated carbocycles. The maximum atomic E-state index is 12.6. The van der Waals surface area contributed by atoms with Gasteiger partial charge in [0.2, 0.25) is 0 Å². The summed E-state index contributed by atoms with van der Waals surface area (Å²) in [5.74, 6) is 0.405. The van der Waals surface area contributed by atoms with Crippen LogP contribution in [0.15, 0.2) is 30.3 Å². The van der Waals surface area contributed by atoms with E-state index >= 15 is 0 Å². The van der Waals surface area contributed by atoms with Gasteiger partial charge < -0.3 is 11.1 Å². The zero-order valence-corrected chi connectivity index (χ0v) is 15.7. The molecule has 1 heterocycles. The van der Waals surface area contributed by atoms with Gasteiger partial charge in [-0.05, 0) is 62.9 Å². The number of carbonyl (C=O) groups excluding carboxylic acids is 1. The van der Waals surface area contributed by atoms with Crippen molar-refractivity contribution in [3.05, 3.63) is 52.8 Å². The number of benzene rings is 1. The maximum Gasteiger partial charge on any atom is 0.251 e. The third-order valence-electron chi connectivity index (χ3n) is 4.90. The molecule has 0 spiro atoms. The Morgan fingerprint density at radius 3 is 2.80 bits per heavy atom. The van der Waals surface area contributed by atoms with Gasteiger partial charge in [0.05, 0.1) is 12.2 Å². The van der Waals surface area contributed by atoms with Crippen molar-refractivity contribution in [3.8, 4) is 0 Å². The van der Waals surface area contributed by atoms with E-state index in [-0.39, 0.29) is 24.4 Å². The molecule has 5 nitrogen and oxygen atoms in total. The lowest BCUT2D eigenvalue weighted by molar-refractivity contribution is 0.0928. The average molecular weight is 363 g/mol. The minimum atomic E-state index is -0.00410. The summed E-state index contributed by atoms with van der Waals surface area (Å²) in [7, 11) is 0. The number of rotatable bonds is 5. The summed E-state index contributed by atoms with van der Waals surface area (Å²) in [6.07, 6.45) is 3.28. The number of nitrogens with zero attached hydrogens (tertiary/aromatic N) is 2. The molecule has 2 unspecified atom stereocenters. The molecule has 6 heteroatoms. The van der Waals surface area contributed by atoms with Crippen molar-refractivity contribution in [1.82, 2.24) is 15.1 Å². The number of hydrogen-bond acceptors (Lipinski definition) is 3. The molecule has 0 aliphatic heterocycles. The summed E-state index contributed by atoms with van der Waals surface area (Å²) in [6, 6.07) is 10.1. The number of nitrogens with one attached hydrogen (secondary N) is 1. The third kappa shape index (κ3) is 4.61. The Hall–Kier alpha value is -1.85. The fourth-order valence-electron chi connectivity index (χ4n) is 3.58. The van der Waals surface area contributed by atoms with Crippen LogP contribution in [0.5, 0.6) is 0 Å². The van der Waals surface area contributed by atoms with Gasteiger partial charge in [0.15, 0.2) is 0 Å². The van der Waals surface area contributed by atoms with E-state index in [1.54, 1.807) is 0 Å². The van der Waals surface area contributed by atoms with E-state index in [1.165, 1.54) is 0 Å². The number of hydrogen-bond donors (Lipinski definition) is 2. The highest BCUT2D eigenvalue weighted by Gasteiger charge is 2.27. The lowest BCUT2D eigenvalue weighted by atomic mass is 10.0. The van der Waals surface area contributed by atoms with Gasteiger partial charge in [-0.25, -0.2) is 0 Å². The zero-order valence-electron chi connectivity index (χ0n) is 14.9. The molecule has 0 radical (unpaired) electrons. The maximum absolute atomic E-state index is 12.6. The predicted octanol–water partition coefficient (Wildman–Crippen LogP) is 2.83. The Balaban J connectivity index is 0.00000225. The Morgan fingerprint density at radius 2 is 2.12 bits per heavy atom. The molecular weight excluding hydrogens is 336 g/mol. The molecule has 2 atom stereocenters. The summed E-state index contributed by atoms with van der Waals surface area (Å²) in [5.41, 5.74) is 9.72. The van der Waals surface area contributed by atoms with Crippen molar-refractivity contribution in [1.29, 1.82) is 0 Å². The Morgan fingerprint density at radius 1 is 1.32 bits per heavy atom. The van der Waals surface area contributed by atoms with Crippen LogP contribution >= 0.6 is 12.4 Å². The van der Waals surface area contributed by atoms with Gasteiger partial charge in [0.1, 0.15) is 0 Å². The highest BCUT2D eigenvalue weighted by Crippen LogP contribution is 2.25. The second kappa shape index (κ2) is 8.50. The van der Waals surface area contributed by atoms with Crippen LogP contribution < -0.4 is 11.1 Å². The van der Waals surface area contributed by atoms with Gasteiger partial charge in [-0.15, -0.1) is 12.4 Å². The first kappa shape index (κ1) is 19.5. The van der Waals surface area contributed by atoms with E-state index in [9.17, 15) is 4.79 Å². The van der Waals surface area contributed by atoms with Crippen molar-refractivity contribution in [2.45, 2.75) is 45.7 Å². The van der Waals surface area contributed by atoms with Gasteiger partial charge in [-0.3, -0.25) is 9.48 Å². The number of aromatic nitrogens is 2. The van der Waals surface area contributed by atoms with E-state index < -0.39 is 0 Å². The molecule has 1 aromatic heterocycles. The smallest absolute Gasteiger partial charge is 0.251 e.